The van der Waals surface area contributed by atoms with Crippen molar-refractivity contribution in [3.05, 3.63) is 24.0 Å². The van der Waals surface area contributed by atoms with Crippen molar-refractivity contribution < 1.29 is 18.7 Å². The monoisotopic (exact) mass is 408 g/mol. The molecule has 152 valence electrons. The van der Waals surface area contributed by atoms with Gasteiger partial charge >= 0.3 is 6.09 Å². The van der Waals surface area contributed by atoms with Gasteiger partial charge in [-0.1, -0.05) is 19.1 Å². The van der Waals surface area contributed by atoms with E-state index in [1.54, 1.807) is 24.0 Å². The van der Waals surface area contributed by atoms with Crippen LogP contribution in [0.5, 0.6) is 0 Å². The van der Waals surface area contributed by atoms with E-state index >= 15 is 0 Å². The molecule has 2 aliphatic heterocycles. The second-order valence-corrected chi connectivity index (χ2v) is 7.40. The van der Waals surface area contributed by atoms with Crippen LogP contribution in [-0.2, 0) is 9.53 Å². The lowest BCUT2D eigenvalue weighted by molar-refractivity contribution is -0.129. The maximum Gasteiger partial charge on any atom is 0.414 e. The average Bonchev–Trinajstić information content (AvgIpc) is 3.06. The first-order chi connectivity index (χ1) is 13.4. The van der Waals surface area contributed by atoms with Gasteiger partial charge in [-0.2, -0.15) is 0 Å². The summed E-state index contributed by atoms with van der Waals surface area (Å²) in [6, 6.07) is 4.77. The van der Waals surface area contributed by atoms with Gasteiger partial charge in [0.1, 0.15) is 11.9 Å². The van der Waals surface area contributed by atoms with E-state index < -0.39 is 11.9 Å². The number of cyclic esters (lactones) is 1. The number of rotatable bonds is 5. The van der Waals surface area contributed by atoms with E-state index in [9.17, 15) is 14.0 Å². The lowest BCUT2D eigenvalue weighted by Gasteiger charge is -2.35. The number of amides is 2. The number of anilines is 2. The van der Waals surface area contributed by atoms with Gasteiger partial charge in [0.25, 0.3) is 0 Å². The maximum absolute atomic E-state index is 14.7. The number of carbonyl (C=O) groups excluding carboxylic acids is 2. The second kappa shape index (κ2) is 8.72. The Kier molecular flexibility index (Phi) is 6.33. The molecule has 28 heavy (non-hydrogen) atoms. The van der Waals surface area contributed by atoms with Crippen LogP contribution >= 0.6 is 12.2 Å². The summed E-state index contributed by atoms with van der Waals surface area (Å²) >= 11 is 5.12. The van der Waals surface area contributed by atoms with Crippen molar-refractivity contribution in [1.82, 2.24) is 10.2 Å². The molecule has 1 atom stereocenters. The number of nitrogens with zero attached hydrogens (tertiary/aromatic N) is 3. The molecule has 9 heteroatoms. The Morgan fingerprint density at radius 2 is 2.04 bits per heavy atom. The van der Waals surface area contributed by atoms with E-state index in [0.717, 1.165) is 11.4 Å². The van der Waals surface area contributed by atoms with Gasteiger partial charge in [0, 0.05) is 33.1 Å². The highest BCUT2D eigenvalue weighted by Crippen LogP contribution is 2.28. The molecule has 2 aliphatic rings. The summed E-state index contributed by atoms with van der Waals surface area (Å²) in [6.07, 6.45) is -0.0941. The lowest BCUT2D eigenvalue weighted by Crippen LogP contribution is -2.48. The van der Waals surface area contributed by atoms with E-state index in [4.69, 9.17) is 17.0 Å². The summed E-state index contributed by atoms with van der Waals surface area (Å²) < 4.78 is 20.1. The van der Waals surface area contributed by atoms with Crippen LogP contribution in [0.2, 0.25) is 0 Å². The number of nitrogens with one attached hydrogen (secondary N) is 1. The zero-order valence-corrected chi connectivity index (χ0v) is 16.9. The Labute approximate surface area is 169 Å². The number of piperazine rings is 1. The van der Waals surface area contributed by atoms with Crippen molar-refractivity contribution in [3.8, 4) is 0 Å². The number of hydrogen-bond donors (Lipinski definition) is 1. The highest BCUT2D eigenvalue weighted by atomic mass is 32.1. The molecule has 0 bridgehead atoms. The zero-order valence-electron chi connectivity index (χ0n) is 16.1. The van der Waals surface area contributed by atoms with Crippen LogP contribution in [0.1, 0.15) is 20.3 Å². The van der Waals surface area contributed by atoms with Crippen molar-refractivity contribution in [2.24, 2.45) is 0 Å². The fraction of sp³-hybridized carbons (Fsp3) is 0.526. The number of halogens is 1. The van der Waals surface area contributed by atoms with Gasteiger partial charge in [-0.3, -0.25) is 9.69 Å². The number of thiocarbonyl (C=S) groups is 1. The third kappa shape index (κ3) is 4.52. The van der Waals surface area contributed by atoms with E-state index in [1.807, 2.05) is 11.8 Å². The summed E-state index contributed by atoms with van der Waals surface area (Å²) in [5.41, 5.74) is 0.945. The van der Waals surface area contributed by atoms with Crippen LogP contribution in [0.25, 0.3) is 0 Å². The number of benzene rings is 1. The molecule has 0 aromatic heterocycles. The minimum absolute atomic E-state index is 0.0340. The van der Waals surface area contributed by atoms with E-state index in [1.165, 1.54) is 11.0 Å². The minimum Gasteiger partial charge on any atom is -0.442 e. The fourth-order valence-corrected chi connectivity index (χ4v) is 3.46. The normalized spacial score (nSPS) is 19.6. The second-order valence-electron chi connectivity index (χ2n) is 6.90. The fourth-order valence-electron chi connectivity index (χ4n) is 3.37. The van der Waals surface area contributed by atoms with Crippen molar-refractivity contribution in [2.45, 2.75) is 26.4 Å². The zero-order chi connectivity index (χ0) is 20.3. The SMILES string of the molecule is CCC(=S)NC[C@H]1CN(c2ccc(N3CCN(C(C)=O)CC3)c(F)c2)C(=O)O1. The first-order valence-corrected chi connectivity index (χ1v) is 9.84. The number of ether oxygens (including phenoxy) is 1. The maximum atomic E-state index is 14.7. The number of carbonyl (C=O) groups is 2. The highest BCUT2D eigenvalue weighted by molar-refractivity contribution is 7.80. The van der Waals surface area contributed by atoms with Gasteiger partial charge in [0.15, 0.2) is 0 Å². The van der Waals surface area contributed by atoms with Crippen LogP contribution in [0.15, 0.2) is 18.2 Å². The standard InChI is InChI=1S/C19H25FN4O3S/c1-3-18(28)21-11-15-12-24(19(26)27-15)14-4-5-17(16(20)10-14)23-8-6-22(7-9-23)13(2)25/h4-5,10,15H,3,6-9,11-12H2,1-2H3,(H,21,28)/t15-/m0/s1. The summed E-state index contributed by atoms with van der Waals surface area (Å²) in [7, 11) is 0. The largest absolute Gasteiger partial charge is 0.442 e. The van der Waals surface area contributed by atoms with Crippen LogP contribution in [0, 0.1) is 5.82 Å². The van der Waals surface area contributed by atoms with Crippen LogP contribution in [0.4, 0.5) is 20.6 Å². The molecule has 0 saturated carbocycles. The van der Waals surface area contributed by atoms with Crippen LogP contribution < -0.4 is 15.1 Å². The van der Waals surface area contributed by atoms with E-state index in [2.05, 4.69) is 5.32 Å². The quantitative estimate of drug-likeness (QED) is 0.754. The molecular formula is C19H25FN4O3S. The van der Waals surface area contributed by atoms with Crippen molar-refractivity contribution in [1.29, 1.82) is 0 Å². The average molecular weight is 408 g/mol. The first-order valence-electron chi connectivity index (χ1n) is 9.44. The molecule has 2 heterocycles. The molecule has 2 saturated heterocycles. The van der Waals surface area contributed by atoms with Gasteiger partial charge in [0.05, 0.1) is 29.5 Å². The Bertz CT molecular complexity index is 768. The molecule has 7 nitrogen and oxygen atoms in total. The van der Waals surface area contributed by atoms with E-state index in [0.29, 0.717) is 50.6 Å². The third-order valence-electron chi connectivity index (χ3n) is 5.03. The predicted octanol–water partition coefficient (Wildman–Crippen LogP) is 2.15. The highest BCUT2D eigenvalue weighted by Gasteiger charge is 2.33. The Hall–Kier alpha value is -2.42. The molecule has 3 rings (SSSR count). The first kappa shape index (κ1) is 20.3. The van der Waals surface area contributed by atoms with Crippen molar-refractivity contribution >= 4 is 40.6 Å². The van der Waals surface area contributed by atoms with Crippen molar-refractivity contribution in [3.63, 3.8) is 0 Å². The van der Waals surface area contributed by atoms with Gasteiger partial charge in [-0.25, -0.2) is 9.18 Å². The van der Waals surface area contributed by atoms with Gasteiger partial charge < -0.3 is 19.9 Å². The molecule has 0 spiro atoms. The van der Waals surface area contributed by atoms with Crippen molar-refractivity contribution in [2.75, 3.05) is 49.1 Å². The molecule has 2 amide bonds. The molecular weight excluding hydrogens is 383 g/mol. The molecule has 1 aromatic rings. The molecule has 1 aromatic carbocycles. The third-order valence-corrected chi connectivity index (χ3v) is 5.46. The lowest BCUT2D eigenvalue weighted by atomic mass is 10.2. The smallest absolute Gasteiger partial charge is 0.414 e. The van der Waals surface area contributed by atoms with E-state index in [-0.39, 0.29) is 12.0 Å². The predicted molar refractivity (Wildman–Crippen MR) is 109 cm³/mol. The van der Waals surface area contributed by atoms with Crippen LogP contribution in [-0.4, -0.2) is 67.3 Å². The summed E-state index contributed by atoms with van der Waals surface area (Å²) in [6.45, 7) is 6.57. The topological polar surface area (TPSA) is 65.1 Å². The Morgan fingerprint density at radius 1 is 1.32 bits per heavy atom. The molecule has 2 fully saturated rings. The van der Waals surface area contributed by atoms with Crippen LogP contribution in [0.3, 0.4) is 0 Å². The summed E-state index contributed by atoms with van der Waals surface area (Å²) in [5.74, 6) is -0.359. The Balaban J connectivity index is 1.63. The summed E-state index contributed by atoms with van der Waals surface area (Å²) in [4.78, 5) is 29.4. The Morgan fingerprint density at radius 3 is 2.64 bits per heavy atom. The molecule has 0 radical (unpaired) electrons. The van der Waals surface area contributed by atoms with Gasteiger partial charge in [0.2, 0.25) is 5.91 Å². The molecule has 0 unspecified atom stereocenters. The van der Waals surface area contributed by atoms with Gasteiger partial charge in [-0.15, -0.1) is 0 Å². The van der Waals surface area contributed by atoms with Gasteiger partial charge in [-0.05, 0) is 24.6 Å². The molecule has 0 aliphatic carbocycles. The number of hydrogen-bond acceptors (Lipinski definition) is 5. The minimum atomic E-state index is -0.489. The molecule has 1 N–H and O–H groups in total. The summed E-state index contributed by atoms with van der Waals surface area (Å²) in [5, 5.41) is 3.06.